The first-order chi connectivity index (χ1) is 16.4. The van der Waals surface area contributed by atoms with E-state index in [4.69, 9.17) is 4.52 Å². The molecule has 1 N–H and O–H groups in total. The zero-order valence-corrected chi connectivity index (χ0v) is 18.4. The topological polar surface area (TPSA) is 71.3 Å². The number of urea groups is 1. The molecule has 4 aromatic rings. The number of aromatic nitrogens is 2. The molecule has 1 aliphatic rings. The van der Waals surface area contributed by atoms with Crippen LogP contribution >= 0.6 is 0 Å². The van der Waals surface area contributed by atoms with Crippen molar-refractivity contribution in [2.45, 2.75) is 19.9 Å². The van der Waals surface area contributed by atoms with Crippen molar-refractivity contribution in [3.63, 3.8) is 0 Å². The van der Waals surface area contributed by atoms with Crippen molar-refractivity contribution in [1.82, 2.24) is 15.5 Å². The van der Waals surface area contributed by atoms with E-state index in [1.54, 1.807) is 6.92 Å². The largest absolute Gasteiger partial charge is 0.334 e. The molecule has 1 atom stereocenters. The van der Waals surface area contributed by atoms with Crippen LogP contribution < -0.4 is 10.2 Å². The molecular weight excluding hydrogens is 438 g/mol. The van der Waals surface area contributed by atoms with Crippen LogP contribution in [-0.2, 0) is 0 Å². The number of rotatable bonds is 4. The summed E-state index contributed by atoms with van der Waals surface area (Å²) in [5.41, 5.74) is 3.86. The highest BCUT2D eigenvalue weighted by Gasteiger charge is 2.36. The van der Waals surface area contributed by atoms with Gasteiger partial charge in [0.15, 0.2) is 11.6 Å². The molecule has 0 aliphatic carbocycles. The molecule has 1 aliphatic heterocycles. The van der Waals surface area contributed by atoms with E-state index >= 15 is 0 Å². The van der Waals surface area contributed by atoms with Crippen molar-refractivity contribution >= 4 is 17.3 Å². The zero-order chi connectivity index (χ0) is 23.8. The Balaban J connectivity index is 1.66. The van der Waals surface area contributed by atoms with Gasteiger partial charge in [-0.2, -0.15) is 4.98 Å². The fourth-order valence-corrected chi connectivity index (χ4v) is 4.00. The molecule has 6 nitrogen and oxygen atoms in total. The van der Waals surface area contributed by atoms with Crippen molar-refractivity contribution in [2.24, 2.45) is 0 Å². The van der Waals surface area contributed by atoms with Gasteiger partial charge in [-0.05, 0) is 31.5 Å². The van der Waals surface area contributed by atoms with Crippen LogP contribution in [0.25, 0.3) is 17.0 Å². The van der Waals surface area contributed by atoms with Gasteiger partial charge in [-0.25, -0.2) is 13.6 Å². The van der Waals surface area contributed by atoms with Crippen LogP contribution in [0.5, 0.6) is 0 Å². The van der Waals surface area contributed by atoms with Crippen molar-refractivity contribution in [2.75, 3.05) is 4.90 Å². The number of benzene rings is 3. The lowest BCUT2D eigenvalue weighted by atomic mass is 9.94. The second kappa shape index (κ2) is 8.55. The Morgan fingerprint density at radius 3 is 2.38 bits per heavy atom. The third-order valence-electron chi connectivity index (χ3n) is 5.75. The minimum Gasteiger partial charge on any atom is -0.334 e. The first kappa shape index (κ1) is 21.5. The van der Waals surface area contributed by atoms with Gasteiger partial charge in [-0.3, -0.25) is 4.90 Å². The summed E-state index contributed by atoms with van der Waals surface area (Å²) in [7, 11) is 0. The number of nitrogens with zero attached hydrogens (tertiary/aromatic N) is 3. The van der Waals surface area contributed by atoms with Gasteiger partial charge in [0.25, 0.3) is 5.89 Å². The highest BCUT2D eigenvalue weighted by Crippen LogP contribution is 2.39. The molecule has 0 saturated carbocycles. The summed E-state index contributed by atoms with van der Waals surface area (Å²) < 4.78 is 33.2. The Morgan fingerprint density at radius 2 is 1.68 bits per heavy atom. The Kier molecular flexibility index (Phi) is 5.41. The number of amides is 2. The molecule has 2 heterocycles. The lowest BCUT2D eigenvalue weighted by Crippen LogP contribution is -2.46. The minimum absolute atomic E-state index is 0.177. The molecule has 34 heavy (non-hydrogen) atoms. The standard InChI is InChI=1S/C26H20F2N4O2/c1-15-8-10-17(11-9-15)23-22(25-30-24(31-34-25)18-6-4-3-5-7-18)16(2)32(26(33)29-23)19-12-13-20(27)21(28)14-19/h3-14,23H,1-2H3,(H,29,33). The SMILES string of the molecule is CC1=C(c2nc(-c3ccccc3)no2)C(c2ccc(C)cc2)NC(=O)N1c1ccc(F)c(F)c1. The molecule has 1 unspecified atom stereocenters. The Hall–Kier alpha value is -4.33. The smallest absolute Gasteiger partial charge is 0.327 e. The van der Waals surface area contributed by atoms with E-state index in [2.05, 4.69) is 15.5 Å². The molecule has 0 fully saturated rings. The van der Waals surface area contributed by atoms with Gasteiger partial charge < -0.3 is 9.84 Å². The van der Waals surface area contributed by atoms with Gasteiger partial charge in [0.05, 0.1) is 17.3 Å². The quantitative estimate of drug-likeness (QED) is 0.406. The number of aryl methyl sites for hydroxylation is 1. The number of anilines is 1. The first-order valence-corrected chi connectivity index (χ1v) is 10.6. The fourth-order valence-electron chi connectivity index (χ4n) is 4.00. The summed E-state index contributed by atoms with van der Waals surface area (Å²) in [5.74, 6) is -1.43. The first-order valence-electron chi connectivity index (χ1n) is 10.6. The van der Waals surface area contributed by atoms with E-state index in [9.17, 15) is 13.6 Å². The van der Waals surface area contributed by atoms with Crippen LogP contribution in [0, 0.1) is 18.6 Å². The second-order valence-electron chi connectivity index (χ2n) is 8.02. The number of carbonyl (C=O) groups excluding carboxylic acids is 1. The van der Waals surface area contributed by atoms with Crippen molar-refractivity contribution in [3.05, 3.63) is 107 Å². The summed E-state index contributed by atoms with van der Waals surface area (Å²) in [5, 5.41) is 7.07. The normalized spacial score (nSPS) is 16.1. The van der Waals surface area contributed by atoms with E-state index in [0.717, 1.165) is 28.8 Å². The van der Waals surface area contributed by atoms with Gasteiger partial charge in [-0.1, -0.05) is 65.3 Å². The Bertz CT molecular complexity index is 1400. The van der Waals surface area contributed by atoms with E-state index in [1.807, 2.05) is 61.5 Å². The number of hydrogen-bond donors (Lipinski definition) is 1. The summed E-state index contributed by atoms with van der Waals surface area (Å²) in [6, 6.07) is 19.3. The second-order valence-corrected chi connectivity index (χ2v) is 8.02. The lowest BCUT2D eigenvalue weighted by molar-refractivity contribution is 0.244. The zero-order valence-electron chi connectivity index (χ0n) is 18.4. The average molecular weight is 458 g/mol. The number of hydrogen-bond acceptors (Lipinski definition) is 4. The summed E-state index contributed by atoms with van der Waals surface area (Å²) in [4.78, 5) is 19.0. The van der Waals surface area contributed by atoms with Crippen LogP contribution in [0.15, 0.2) is 83.0 Å². The molecule has 0 bridgehead atoms. The molecule has 1 aromatic heterocycles. The van der Waals surface area contributed by atoms with Crippen LogP contribution in [0.2, 0.25) is 0 Å². The van der Waals surface area contributed by atoms with E-state index in [0.29, 0.717) is 17.1 Å². The van der Waals surface area contributed by atoms with Gasteiger partial charge in [0.2, 0.25) is 5.82 Å². The van der Waals surface area contributed by atoms with E-state index in [1.165, 1.54) is 11.0 Å². The van der Waals surface area contributed by atoms with Gasteiger partial charge >= 0.3 is 6.03 Å². The van der Waals surface area contributed by atoms with Crippen LogP contribution in [0.1, 0.15) is 30.0 Å². The Morgan fingerprint density at radius 1 is 0.941 bits per heavy atom. The van der Waals surface area contributed by atoms with Crippen molar-refractivity contribution < 1.29 is 18.1 Å². The van der Waals surface area contributed by atoms with Gasteiger partial charge in [0.1, 0.15) is 0 Å². The molecule has 2 amide bonds. The molecule has 5 rings (SSSR count). The molecule has 0 spiro atoms. The fraction of sp³-hybridized carbons (Fsp3) is 0.115. The summed E-state index contributed by atoms with van der Waals surface area (Å²) in [6.45, 7) is 3.68. The highest BCUT2D eigenvalue weighted by atomic mass is 19.2. The molecule has 3 aromatic carbocycles. The summed E-state index contributed by atoms with van der Waals surface area (Å²) >= 11 is 0. The highest BCUT2D eigenvalue weighted by molar-refractivity contribution is 6.01. The maximum absolute atomic E-state index is 14.0. The van der Waals surface area contributed by atoms with Crippen molar-refractivity contribution in [1.29, 1.82) is 0 Å². The predicted octanol–water partition coefficient (Wildman–Crippen LogP) is 6.03. The number of carbonyl (C=O) groups is 1. The molecular formula is C26H20F2N4O2. The van der Waals surface area contributed by atoms with Crippen LogP contribution in [0.4, 0.5) is 19.3 Å². The molecule has 0 radical (unpaired) electrons. The van der Waals surface area contributed by atoms with E-state index in [-0.39, 0.29) is 11.6 Å². The van der Waals surface area contributed by atoms with E-state index < -0.39 is 23.7 Å². The van der Waals surface area contributed by atoms with Gasteiger partial charge in [-0.15, -0.1) is 0 Å². The molecule has 170 valence electrons. The monoisotopic (exact) mass is 458 g/mol. The Labute approximate surface area is 194 Å². The average Bonchev–Trinajstić information content (AvgIpc) is 3.32. The number of halogens is 2. The third kappa shape index (κ3) is 3.83. The molecule has 0 saturated heterocycles. The number of nitrogens with one attached hydrogen (secondary N) is 1. The third-order valence-corrected chi connectivity index (χ3v) is 5.75. The summed E-state index contributed by atoms with van der Waals surface area (Å²) in [6.07, 6.45) is 0. The maximum atomic E-state index is 14.0. The van der Waals surface area contributed by atoms with Crippen LogP contribution in [-0.4, -0.2) is 16.2 Å². The predicted molar refractivity (Wildman–Crippen MR) is 124 cm³/mol. The minimum atomic E-state index is -1.05. The molecule has 8 heteroatoms. The van der Waals surface area contributed by atoms with Crippen LogP contribution in [0.3, 0.4) is 0 Å². The lowest BCUT2D eigenvalue weighted by Gasteiger charge is -2.35. The number of allylic oxidation sites excluding steroid dienone is 1. The van der Waals surface area contributed by atoms with Crippen molar-refractivity contribution in [3.8, 4) is 11.4 Å². The van der Waals surface area contributed by atoms with Gasteiger partial charge in [0, 0.05) is 17.3 Å². The maximum Gasteiger partial charge on any atom is 0.327 e.